The number of halogens is 1. The molecule has 3 N–H and O–H groups in total. The normalized spacial score (nSPS) is 11.4. The standard InChI is InChI=1S/C19H20FN3O2/c1-2-16(12-24)23-19(25)14-4-6-17(7-5-14)22-11-13-3-8-18(20)15(9-13)10-21/h3-9,16,22,24H,2,11-12H2,1H3,(H,23,25). The van der Waals surface area contributed by atoms with Crippen LogP contribution in [0.2, 0.25) is 0 Å². The quantitative estimate of drug-likeness (QED) is 0.723. The van der Waals surface area contributed by atoms with Gasteiger partial charge in [-0.05, 0) is 48.4 Å². The molecule has 2 aromatic rings. The molecule has 5 nitrogen and oxygen atoms in total. The van der Waals surface area contributed by atoms with Gasteiger partial charge in [0.2, 0.25) is 0 Å². The predicted octanol–water partition coefficient (Wildman–Crippen LogP) is 2.81. The Bertz CT molecular complexity index is 765. The molecule has 25 heavy (non-hydrogen) atoms. The summed E-state index contributed by atoms with van der Waals surface area (Å²) in [6.07, 6.45) is 0.657. The number of nitriles is 1. The maximum Gasteiger partial charge on any atom is 0.251 e. The van der Waals surface area contributed by atoms with Crippen molar-refractivity contribution in [3.63, 3.8) is 0 Å². The highest BCUT2D eigenvalue weighted by Crippen LogP contribution is 2.14. The number of hydrogen-bond acceptors (Lipinski definition) is 4. The molecule has 0 saturated carbocycles. The molecule has 0 aromatic heterocycles. The van der Waals surface area contributed by atoms with Crippen molar-refractivity contribution in [2.75, 3.05) is 11.9 Å². The van der Waals surface area contributed by atoms with E-state index in [9.17, 15) is 9.18 Å². The number of carbonyl (C=O) groups excluding carboxylic acids is 1. The number of nitrogens with one attached hydrogen (secondary N) is 2. The van der Waals surface area contributed by atoms with Crippen molar-refractivity contribution in [3.05, 3.63) is 65.0 Å². The van der Waals surface area contributed by atoms with Crippen LogP contribution in [0.5, 0.6) is 0 Å². The Labute approximate surface area is 146 Å². The SMILES string of the molecule is CCC(CO)NC(=O)c1ccc(NCc2ccc(F)c(C#N)c2)cc1. The number of nitrogens with zero attached hydrogens (tertiary/aromatic N) is 1. The molecular weight excluding hydrogens is 321 g/mol. The molecule has 2 aromatic carbocycles. The fraction of sp³-hybridized carbons (Fsp3) is 0.263. The van der Waals surface area contributed by atoms with Crippen LogP contribution in [0.25, 0.3) is 0 Å². The molecular formula is C19H20FN3O2. The lowest BCUT2D eigenvalue weighted by atomic mass is 10.1. The minimum absolute atomic E-state index is 0.0145. The van der Waals surface area contributed by atoms with Crippen LogP contribution in [0, 0.1) is 17.1 Å². The maximum absolute atomic E-state index is 13.3. The Morgan fingerprint density at radius 1 is 1.28 bits per heavy atom. The molecule has 130 valence electrons. The first-order chi connectivity index (χ1) is 12.1. The minimum atomic E-state index is -0.533. The van der Waals surface area contributed by atoms with Gasteiger partial charge in [-0.15, -0.1) is 0 Å². The van der Waals surface area contributed by atoms with Crippen LogP contribution in [-0.2, 0) is 6.54 Å². The van der Waals surface area contributed by atoms with E-state index in [0.717, 1.165) is 11.3 Å². The van der Waals surface area contributed by atoms with Crippen molar-refractivity contribution in [2.24, 2.45) is 0 Å². The van der Waals surface area contributed by atoms with Crippen LogP contribution in [0.15, 0.2) is 42.5 Å². The fourth-order valence-corrected chi connectivity index (χ4v) is 2.26. The number of aliphatic hydroxyl groups is 1. The van der Waals surface area contributed by atoms with Gasteiger partial charge in [-0.2, -0.15) is 5.26 Å². The number of carbonyl (C=O) groups is 1. The number of aliphatic hydroxyl groups excluding tert-OH is 1. The van der Waals surface area contributed by atoms with Gasteiger partial charge in [0.05, 0.1) is 18.2 Å². The minimum Gasteiger partial charge on any atom is -0.394 e. The third-order valence-electron chi connectivity index (χ3n) is 3.84. The summed E-state index contributed by atoms with van der Waals surface area (Å²) >= 11 is 0. The van der Waals surface area contributed by atoms with E-state index < -0.39 is 5.82 Å². The van der Waals surface area contributed by atoms with Gasteiger partial charge in [0.1, 0.15) is 11.9 Å². The van der Waals surface area contributed by atoms with Crippen molar-refractivity contribution in [3.8, 4) is 6.07 Å². The Balaban J connectivity index is 1.96. The molecule has 0 aliphatic rings. The van der Waals surface area contributed by atoms with Crippen LogP contribution in [0.4, 0.5) is 10.1 Å². The Morgan fingerprint density at radius 3 is 2.60 bits per heavy atom. The molecule has 0 bridgehead atoms. The number of benzene rings is 2. The number of amides is 1. The predicted molar refractivity (Wildman–Crippen MR) is 93.5 cm³/mol. The fourth-order valence-electron chi connectivity index (χ4n) is 2.26. The van der Waals surface area contributed by atoms with Crippen LogP contribution >= 0.6 is 0 Å². The summed E-state index contributed by atoms with van der Waals surface area (Å²) in [5.41, 5.74) is 2.11. The molecule has 6 heteroatoms. The van der Waals surface area contributed by atoms with E-state index in [4.69, 9.17) is 10.4 Å². The highest BCUT2D eigenvalue weighted by molar-refractivity contribution is 5.94. The molecule has 0 saturated heterocycles. The summed E-state index contributed by atoms with van der Waals surface area (Å²) in [5, 5.41) is 23.9. The topological polar surface area (TPSA) is 85.2 Å². The van der Waals surface area contributed by atoms with E-state index >= 15 is 0 Å². The third kappa shape index (κ3) is 5.03. The smallest absolute Gasteiger partial charge is 0.251 e. The molecule has 0 aliphatic carbocycles. The van der Waals surface area contributed by atoms with Gasteiger partial charge in [-0.25, -0.2) is 4.39 Å². The number of hydrogen-bond donors (Lipinski definition) is 3. The molecule has 1 atom stereocenters. The van der Waals surface area contributed by atoms with Crippen molar-refractivity contribution in [2.45, 2.75) is 25.9 Å². The maximum atomic E-state index is 13.3. The summed E-state index contributed by atoms with van der Waals surface area (Å²) in [4.78, 5) is 12.1. The van der Waals surface area contributed by atoms with Crippen molar-refractivity contribution in [1.29, 1.82) is 5.26 Å². The van der Waals surface area contributed by atoms with Crippen LogP contribution in [0.1, 0.15) is 34.8 Å². The van der Waals surface area contributed by atoms with Gasteiger partial charge >= 0.3 is 0 Å². The zero-order valence-electron chi connectivity index (χ0n) is 13.9. The molecule has 0 spiro atoms. The van der Waals surface area contributed by atoms with E-state index in [1.165, 1.54) is 12.1 Å². The van der Waals surface area contributed by atoms with Gasteiger partial charge < -0.3 is 15.7 Å². The van der Waals surface area contributed by atoms with E-state index in [1.807, 2.05) is 13.0 Å². The second-order valence-electron chi connectivity index (χ2n) is 5.62. The Hall–Kier alpha value is -2.91. The zero-order valence-corrected chi connectivity index (χ0v) is 13.9. The third-order valence-corrected chi connectivity index (χ3v) is 3.84. The van der Waals surface area contributed by atoms with Crippen LogP contribution in [-0.4, -0.2) is 23.7 Å². The summed E-state index contributed by atoms with van der Waals surface area (Å²) in [7, 11) is 0. The zero-order chi connectivity index (χ0) is 18.2. The molecule has 1 amide bonds. The molecule has 1 unspecified atom stereocenters. The average molecular weight is 341 g/mol. The van der Waals surface area contributed by atoms with E-state index in [2.05, 4.69) is 10.6 Å². The van der Waals surface area contributed by atoms with Crippen LogP contribution in [0.3, 0.4) is 0 Å². The van der Waals surface area contributed by atoms with E-state index in [0.29, 0.717) is 18.5 Å². The lowest BCUT2D eigenvalue weighted by molar-refractivity contribution is 0.0915. The average Bonchev–Trinajstić information content (AvgIpc) is 2.65. The van der Waals surface area contributed by atoms with E-state index in [1.54, 1.807) is 30.3 Å². The first kappa shape index (κ1) is 18.4. The van der Waals surface area contributed by atoms with Crippen molar-refractivity contribution < 1.29 is 14.3 Å². The highest BCUT2D eigenvalue weighted by Gasteiger charge is 2.11. The number of rotatable bonds is 7. The molecule has 0 aliphatic heterocycles. The van der Waals surface area contributed by atoms with Gasteiger partial charge in [0, 0.05) is 17.8 Å². The Morgan fingerprint density at radius 2 is 2.00 bits per heavy atom. The first-order valence-electron chi connectivity index (χ1n) is 8.01. The first-order valence-corrected chi connectivity index (χ1v) is 8.01. The lowest BCUT2D eigenvalue weighted by Crippen LogP contribution is -2.36. The largest absolute Gasteiger partial charge is 0.394 e. The second-order valence-corrected chi connectivity index (χ2v) is 5.62. The van der Waals surface area contributed by atoms with Crippen molar-refractivity contribution in [1.82, 2.24) is 5.32 Å². The Kier molecular flexibility index (Phi) is 6.49. The van der Waals surface area contributed by atoms with Gasteiger partial charge in [0.25, 0.3) is 5.91 Å². The lowest BCUT2D eigenvalue weighted by Gasteiger charge is -2.14. The highest BCUT2D eigenvalue weighted by atomic mass is 19.1. The molecule has 0 radical (unpaired) electrons. The van der Waals surface area contributed by atoms with Gasteiger partial charge in [0.15, 0.2) is 0 Å². The summed E-state index contributed by atoms with van der Waals surface area (Å²) in [6, 6.07) is 12.9. The van der Waals surface area contributed by atoms with E-state index in [-0.39, 0.29) is 24.1 Å². The monoisotopic (exact) mass is 341 g/mol. The molecule has 0 fully saturated rings. The molecule has 2 rings (SSSR count). The van der Waals surface area contributed by atoms with Gasteiger partial charge in [-0.1, -0.05) is 13.0 Å². The summed E-state index contributed by atoms with van der Waals surface area (Å²) < 4.78 is 13.3. The second kappa shape index (κ2) is 8.81. The van der Waals surface area contributed by atoms with Crippen LogP contribution < -0.4 is 10.6 Å². The molecule has 0 heterocycles. The van der Waals surface area contributed by atoms with Crippen molar-refractivity contribution >= 4 is 11.6 Å². The summed E-state index contributed by atoms with van der Waals surface area (Å²) in [6.45, 7) is 2.23. The number of anilines is 1. The summed E-state index contributed by atoms with van der Waals surface area (Å²) in [5.74, 6) is -0.764. The van der Waals surface area contributed by atoms with Gasteiger partial charge in [-0.3, -0.25) is 4.79 Å².